The van der Waals surface area contributed by atoms with E-state index in [0.29, 0.717) is 18.4 Å². The Morgan fingerprint density at radius 1 is 1.16 bits per heavy atom. The van der Waals surface area contributed by atoms with Crippen LogP contribution >= 0.6 is 0 Å². The molecule has 1 aromatic carbocycles. The number of hydrogen-bond acceptors (Lipinski definition) is 3. The monoisotopic (exact) mass is 348 g/mol. The van der Waals surface area contributed by atoms with Gasteiger partial charge in [0.2, 0.25) is 0 Å². The van der Waals surface area contributed by atoms with E-state index in [4.69, 9.17) is 4.74 Å². The molecule has 3 nitrogen and oxygen atoms in total. The third-order valence-corrected chi connectivity index (χ3v) is 5.46. The highest BCUT2D eigenvalue weighted by atomic mass is 19.1. The van der Waals surface area contributed by atoms with Crippen LogP contribution in [0.2, 0.25) is 0 Å². The number of likely N-dealkylation sites (tertiary alicyclic amines) is 1. The van der Waals surface area contributed by atoms with Crippen molar-refractivity contribution in [2.24, 2.45) is 5.92 Å². The quantitative estimate of drug-likeness (QED) is 0.685. The lowest BCUT2D eigenvalue weighted by atomic mass is 9.99. The van der Waals surface area contributed by atoms with Gasteiger partial charge >= 0.3 is 0 Å². The van der Waals surface area contributed by atoms with Crippen LogP contribution in [0.25, 0.3) is 0 Å². The van der Waals surface area contributed by atoms with E-state index in [9.17, 15) is 4.39 Å². The number of para-hydroxylation sites is 1. The molecular weight excluding hydrogens is 315 g/mol. The van der Waals surface area contributed by atoms with Crippen LogP contribution in [0.5, 0.6) is 0 Å². The van der Waals surface area contributed by atoms with Crippen LogP contribution in [0.3, 0.4) is 0 Å². The van der Waals surface area contributed by atoms with Crippen molar-refractivity contribution in [3.8, 4) is 0 Å². The van der Waals surface area contributed by atoms with E-state index < -0.39 is 6.30 Å². The molecular formula is C21H33FN2O. The van der Waals surface area contributed by atoms with Crippen LogP contribution in [0, 0.1) is 5.92 Å². The normalized spacial score (nSPS) is 23.5. The summed E-state index contributed by atoms with van der Waals surface area (Å²) in [6.07, 6.45) is 4.42. The van der Waals surface area contributed by atoms with Crippen LogP contribution in [-0.2, 0) is 11.2 Å². The fourth-order valence-corrected chi connectivity index (χ4v) is 4.17. The maximum Gasteiger partial charge on any atom is 0.172 e. The highest BCUT2D eigenvalue weighted by molar-refractivity contribution is 5.56. The van der Waals surface area contributed by atoms with Gasteiger partial charge in [-0.1, -0.05) is 32.0 Å². The summed E-state index contributed by atoms with van der Waals surface area (Å²) in [5.74, 6) is 0.456. The number of ether oxygens (including phenoxy) is 1. The van der Waals surface area contributed by atoms with E-state index in [1.165, 1.54) is 5.56 Å². The number of fused-ring (bicyclic) bond motifs is 1. The standard InChI is InChI=1S/C21H33FN2O/c1-3-14-25-19-10-12-23(13-11-19)15-17(2)16-24-20-7-5-4-6-18(20)8-9-21(24)22/h4-7,17,19,21H,3,8-16H2,1-2H3. The van der Waals surface area contributed by atoms with Gasteiger partial charge in [-0.05, 0) is 43.2 Å². The second-order valence-corrected chi connectivity index (χ2v) is 7.73. The van der Waals surface area contributed by atoms with Crippen molar-refractivity contribution in [2.75, 3.05) is 37.7 Å². The molecule has 0 bridgehead atoms. The smallest absolute Gasteiger partial charge is 0.172 e. The van der Waals surface area contributed by atoms with Crippen molar-refractivity contribution in [3.05, 3.63) is 29.8 Å². The SMILES string of the molecule is CCCOC1CCN(CC(C)CN2c3ccccc3CCC2F)CC1. The summed E-state index contributed by atoms with van der Waals surface area (Å²) in [5, 5.41) is 0. The lowest BCUT2D eigenvalue weighted by molar-refractivity contribution is 0.00548. The molecule has 2 atom stereocenters. The molecule has 25 heavy (non-hydrogen) atoms. The van der Waals surface area contributed by atoms with Crippen LogP contribution < -0.4 is 4.90 Å². The van der Waals surface area contributed by atoms with Gasteiger partial charge in [0.15, 0.2) is 6.30 Å². The molecule has 0 radical (unpaired) electrons. The number of aryl methyl sites for hydroxylation is 1. The van der Waals surface area contributed by atoms with Crippen molar-refractivity contribution in [2.45, 2.75) is 58.4 Å². The molecule has 0 amide bonds. The maximum atomic E-state index is 14.5. The zero-order chi connectivity index (χ0) is 17.6. The van der Waals surface area contributed by atoms with E-state index in [1.807, 2.05) is 11.0 Å². The highest BCUT2D eigenvalue weighted by Gasteiger charge is 2.28. The first-order chi connectivity index (χ1) is 12.2. The number of halogens is 1. The van der Waals surface area contributed by atoms with Crippen LogP contribution in [0.15, 0.2) is 24.3 Å². The van der Waals surface area contributed by atoms with Crippen LogP contribution in [0.1, 0.15) is 45.1 Å². The third kappa shape index (κ3) is 4.95. The molecule has 0 spiro atoms. The summed E-state index contributed by atoms with van der Waals surface area (Å²) in [6, 6.07) is 8.30. The van der Waals surface area contributed by atoms with Crippen molar-refractivity contribution in [1.29, 1.82) is 0 Å². The average Bonchev–Trinajstić information content (AvgIpc) is 2.63. The van der Waals surface area contributed by atoms with E-state index in [0.717, 1.165) is 64.2 Å². The van der Waals surface area contributed by atoms with Crippen molar-refractivity contribution < 1.29 is 9.13 Å². The van der Waals surface area contributed by atoms with Gasteiger partial charge in [-0.2, -0.15) is 0 Å². The average molecular weight is 349 g/mol. The summed E-state index contributed by atoms with van der Waals surface area (Å²) in [5.41, 5.74) is 2.39. The Morgan fingerprint density at radius 3 is 2.68 bits per heavy atom. The van der Waals surface area contributed by atoms with Crippen molar-refractivity contribution in [1.82, 2.24) is 4.90 Å². The topological polar surface area (TPSA) is 15.7 Å². The molecule has 0 aliphatic carbocycles. The number of hydrogen-bond donors (Lipinski definition) is 0. The maximum absolute atomic E-state index is 14.5. The Balaban J connectivity index is 1.49. The first kappa shape index (κ1) is 18.7. The van der Waals surface area contributed by atoms with Gasteiger partial charge in [-0.25, -0.2) is 4.39 Å². The molecule has 0 N–H and O–H groups in total. The van der Waals surface area contributed by atoms with Crippen molar-refractivity contribution >= 4 is 5.69 Å². The summed E-state index contributed by atoms with van der Waals surface area (Å²) in [6.45, 7) is 9.35. The minimum atomic E-state index is -0.842. The number of nitrogens with zero attached hydrogens (tertiary/aromatic N) is 2. The van der Waals surface area contributed by atoms with Gasteiger partial charge in [0, 0.05) is 44.9 Å². The second-order valence-electron chi connectivity index (χ2n) is 7.73. The molecule has 2 heterocycles. The van der Waals surface area contributed by atoms with Gasteiger partial charge in [0.25, 0.3) is 0 Å². The zero-order valence-electron chi connectivity index (χ0n) is 15.8. The summed E-state index contributed by atoms with van der Waals surface area (Å²) >= 11 is 0. The van der Waals surface area contributed by atoms with Gasteiger partial charge in [-0.15, -0.1) is 0 Å². The molecule has 1 fully saturated rings. The molecule has 3 rings (SSSR count). The fraction of sp³-hybridized carbons (Fsp3) is 0.714. The number of benzene rings is 1. The Kier molecular flexibility index (Phi) is 6.71. The summed E-state index contributed by atoms with van der Waals surface area (Å²) in [7, 11) is 0. The lowest BCUT2D eigenvalue weighted by Crippen LogP contribution is -2.44. The Morgan fingerprint density at radius 2 is 1.92 bits per heavy atom. The number of anilines is 1. The number of piperidine rings is 1. The highest BCUT2D eigenvalue weighted by Crippen LogP contribution is 2.31. The van der Waals surface area contributed by atoms with E-state index in [1.54, 1.807) is 0 Å². The van der Waals surface area contributed by atoms with Crippen LogP contribution in [0.4, 0.5) is 10.1 Å². The predicted octanol–water partition coefficient (Wildman–Crippen LogP) is 4.26. The Bertz CT molecular complexity index is 530. The minimum Gasteiger partial charge on any atom is -0.378 e. The first-order valence-electron chi connectivity index (χ1n) is 10.00. The van der Waals surface area contributed by atoms with Crippen molar-refractivity contribution in [3.63, 3.8) is 0 Å². The minimum absolute atomic E-state index is 0.440. The fourth-order valence-electron chi connectivity index (χ4n) is 4.17. The lowest BCUT2D eigenvalue weighted by Gasteiger charge is -2.38. The number of rotatable bonds is 7. The third-order valence-electron chi connectivity index (χ3n) is 5.46. The molecule has 2 aliphatic heterocycles. The summed E-state index contributed by atoms with van der Waals surface area (Å²) in [4.78, 5) is 4.51. The molecule has 2 unspecified atom stereocenters. The van der Waals surface area contributed by atoms with Gasteiger partial charge in [0.1, 0.15) is 0 Å². The first-order valence-corrected chi connectivity index (χ1v) is 10.00. The zero-order valence-corrected chi connectivity index (χ0v) is 15.8. The predicted molar refractivity (Wildman–Crippen MR) is 102 cm³/mol. The Hall–Kier alpha value is -1.13. The molecule has 1 saturated heterocycles. The van der Waals surface area contributed by atoms with E-state index >= 15 is 0 Å². The molecule has 2 aliphatic rings. The molecule has 140 valence electrons. The summed E-state index contributed by atoms with van der Waals surface area (Å²) < 4.78 is 20.4. The van der Waals surface area contributed by atoms with Crippen LogP contribution in [-0.4, -0.2) is 50.1 Å². The van der Waals surface area contributed by atoms with E-state index in [2.05, 4.69) is 36.9 Å². The van der Waals surface area contributed by atoms with E-state index in [-0.39, 0.29) is 0 Å². The van der Waals surface area contributed by atoms with Gasteiger partial charge in [0.05, 0.1) is 6.10 Å². The molecule has 0 saturated carbocycles. The molecule has 1 aromatic rings. The van der Waals surface area contributed by atoms with Gasteiger partial charge in [-0.3, -0.25) is 0 Å². The molecule has 4 heteroatoms. The molecule has 0 aromatic heterocycles. The number of alkyl halides is 1. The van der Waals surface area contributed by atoms with Gasteiger partial charge < -0.3 is 14.5 Å². The second kappa shape index (κ2) is 9.00. The Labute approximate surface area is 152 Å². The largest absolute Gasteiger partial charge is 0.378 e.